The topological polar surface area (TPSA) is 36.9 Å². The van der Waals surface area contributed by atoms with Gasteiger partial charge >= 0.3 is 0 Å². The molecule has 0 aromatic carbocycles. The zero-order valence-electron chi connectivity index (χ0n) is 8.73. The molecule has 4 nitrogen and oxygen atoms in total. The molecule has 0 bridgehead atoms. The average Bonchev–Trinajstić information content (AvgIpc) is 2.57. The minimum absolute atomic E-state index is 0.104. The third kappa shape index (κ3) is 1.48. The summed E-state index contributed by atoms with van der Waals surface area (Å²) >= 11 is 0. The molecule has 0 aliphatic carbocycles. The summed E-state index contributed by atoms with van der Waals surface area (Å²) in [5, 5.41) is 0. The van der Waals surface area contributed by atoms with E-state index in [2.05, 4.69) is 6.58 Å². The van der Waals surface area contributed by atoms with Crippen LogP contribution in [-0.2, 0) is 18.9 Å². The first-order chi connectivity index (χ1) is 6.57. The number of methoxy groups -OCH3 is 1. The van der Waals surface area contributed by atoms with E-state index < -0.39 is 5.79 Å². The molecule has 2 saturated heterocycles. The van der Waals surface area contributed by atoms with Gasteiger partial charge in [0.05, 0.1) is 0 Å². The van der Waals surface area contributed by atoms with Crippen LogP contribution in [0.3, 0.4) is 0 Å². The second-order valence-corrected chi connectivity index (χ2v) is 4.01. The van der Waals surface area contributed by atoms with Crippen LogP contribution in [0.25, 0.3) is 0 Å². The van der Waals surface area contributed by atoms with E-state index >= 15 is 0 Å². The van der Waals surface area contributed by atoms with Gasteiger partial charge in [-0.15, -0.1) is 6.58 Å². The van der Waals surface area contributed by atoms with Crippen LogP contribution in [0.5, 0.6) is 0 Å². The number of ether oxygens (including phenoxy) is 4. The molecule has 2 heterocycles. The Balaban J connectivity index is 2.16. The van der Waals surface area contributed by atoms with Crippen LogP contribution in [0.4, 0.5) is 0 Å². The number of rotatable bonds is 2. The third-order valence-corrected chi connectivity index (χ3v) is 2.51. The van der Waals surface area contributed by atoms with Crippen molar-refractivity contribution in [3.8, 4) is 0 Å². The Labute approximate surface area is 83.8 Å². The fourth-order valence-electron chi connectivity index (χ4n) is 1.97. The fourth-order valence-corrected chi connectivity index (χ4v) is 1.97. The molecule has 2 rings (SSSR count). The van der Waals surface area contributed by atoms with Crippen LogP contribution < -0.4 is 0 Å². The zero-order valence-corrected chi connectivity index (χ0v) is 8.73. The molecule has 14 heavy (non-hydrogen) atoms. The number of fused-ring (bicyclic) bond motifs is 1. The molecule has 4 heteroatoms. The van der Waals surface area contributed by atoms with Crippen LogP contribution in [0.2, 0.25) is 0 Å². The summed E-state index contributed by atoms with van der Waals surface area (Å²) in [6, 6.07) is 0. The fraction of sp³-hybridized carbons (Fsp3) is 0.800. The second-order valence-electron chi connectivity index (χ2n) is 4.01. The van der Waals surface area contributed by atoms with Crippen molar-refractivity contribution in [3.63, 3.8) is 0 Å². The Morgan fingerprint density at radius 2 is 1.93 bits per heavy atom. The van der Waals surface area contributed by atoms with Gasteiger partial charge < -0.3 is 18.9 Å². The highest BCUT2D eigenvalue weighted by Crippen LogP contribution is 2.38. The lowest BCUT2D eigenvalue weighted by Crippen LogP contribution is -2.30. The van der Waals surface area contributed by atoms with Crippen molar-refractivity contribution in [2.24, 2.45) is 0 Å². The molecule has 0 aromatic heterocycles. The first-order valence-electron chi connectivity index (χ1n) is 4.74. The van der Waals surface area contributed by atoms with E-state index in [0.29, 0.717) is 0 Å². The molecular weight excluding hydrogens is 184 g/mol. The van der Waals surface area contributed by atoms with Gasteiger partial charge in [0.25, 0.3) is 0 Å². The maximum absolute atomic E-state index is 5.71. The van der Waals surface area contributed by atoms with Crippen molar-refractivity contribution < 1.29 is 18.9 Å². The number of hydrogen-bond acceptors (Lipinski definition) is 4. The maximum atomic E-state index is 5.71. The monoisotopic (exact) mass is 200 g/mol. The van der Waals surface area contributed by atoms with Crippen molar-refractivity contribution in [2.75, 3.05) is 7.11 Å². The molecule has 2 fully saturated rings. The van der Waals surface area contributed by atoms with Gasteiger partial charge in [-0.05, 0) is 13.8 Å². The standard InChI is InChI=1S/C10H16O4/c1-5-6-7-8(9(11-4)12-6)14-10(2,3)13-7/h5-9H,1H2,2-4H3/t6?,7-,8-,9-/m1/s1. The SMILES string of the molecule is C=CC1O[C@@H](OC)[C@@H]2OC(C)(C)O[C@H]12. The molecule has 0 radical (unpaired) electrons. The van der Waals surface area contributed by atoms with Crippen LogP contribution in [-0.4, -0.2) is 37.5 Å². The van der Waals surface area contributed by atoms with Gasteiger partial charge in [-0.25, -0.2) is 0 Å². The lowest BCUT2D eigenvalue weighted by Gasteiger charge is -2.22. The normalized spacial score (nSPS) is 45.1. The van der Waals surface area contributed by atoms with E-state index in [4.69, 9.17) is 18.9 Å². The highest BCUT2D eigenvalue weighted by Gasteiger charge is 2.54. The number of hydrogen-bond donors (Lipinski definition) is 0. The predicted molar refractivity (Wildman–Crippen MR) is 49.7 cm³/mol. The van der Waals surface area contributed by atoms with E-state index in [1.807, 2.05) is 13.8 Å². The van der Waals surface area contributed by atoms with Crippen molar-refractivity contribution >= 4 is 0 Å². The molecule has 2 aliphatic rings. The molecule has 1 unspecified atom stereocenters. The lowest BCUT2D eigenvalue weighted by atomic mass is 10.1. The van der Waals surface area contributed by atoms with Gasteiger partial charge in [0.15, 0.2) is 12.1 Å². The predicted octanol–water partition coefficient (Wildman–Crippen LogP) is 1.06. The quantitative estimate of drug-likeness (QED) is 0.625. The molecule has 0 saturated carbocycles. The highest BCUT2D eigenvalue weighted by molar-refractivity contribution is 5.01. The minimum Gasteiger partial charge on any atom is -0.353 e. The van der Waals surface area contributed by atoms with Crippen LogP contribution >= 0.6 is 0 Å². The van der Waals surface area contributed by atoms with Crippen LogP contribution in [0, 0.1) is 0 Å². The first kappa shape index (κ1) is 10.1. The summed E-state index contributed by atoms with van der Waals surface area (Å²) in [5.41, 5.74) is 0. The van der Waals surface area contributed by atoms with Crippen molar-refractivity contribution in [3.05, 3.63) is 12.7 Å². The minimum atomic E-state index is -0.558. The van der Waals surface area contributed by atoms with Gasteiger partial charge in [-0.3, -0.25) is 0 Å². The molecule has 80 valence electrons. The third-order valence-electron chi connectivity index (χ3n) is 2.51. The first-order valence-corrected chi connectivity index (χ1v) is 4.74. The van der Waals surface area contributed by atoms with Gasteiger partial charge in [0, 0.05) is 7.11 Å². The Bertz CT molecular complexity index is 238. The van der Waals surface area contributed by atoms with Gasteiger partial charge in [0.2, 0.25) is 0 Å². The van der Waals surface area contributed by atoms with Gasteiger partial charge in [-0.2, -0.15) is 0 Å². The second kappa shape index (κ2) is 3.31. The summed E-state index contributed by atoms with van der Waals surface area (Å²) in [6.45, 7) is 7.48. The molecule has 0 N–H and O–H groups in total. The van der Waals surface area contributed by atoms with Gasteiger partial charge in [0.1, 0.15) is 18.3 Å². The highest BCUT2D eigenvalue weighted by atomic mass is 16.8. The van der Waals surface area contributed by atoms with E-state index in [1.165, 1.54) is 0 Å². The molecule has 2 aliphatic heterocycles. The van der Waals surface area contributed by atoms with E-state index in [9.17, 15) is 0 Å². The molecule has 0 amide bonds. The largest absolute Gasteiger partial charge is 0.353 e. The summed E-state index contributed by atoms with van der Waals surface area (Å²) in [5.74, 6) is -0.558. The van der Waals surface area contributed by atoms with Gasteiger partial charge in [-0.1, -0.05) is 6.08 Å². The van der Waals surface area contributed by atoms with E-state index in [1.54, 1.807) is 13.2 Å². The molecule has 4 atom stereocenters. The Morgan fingerprint density at radius 1 is 1.29 bits per heavy atom. The summed E-state index contributed by atoms with van der Waals surface area (Å²) in [6.07, 6.45) is 0.962. The Hall–Kier alpha value is -0.420. The smallest absolute Gasteiger partial charge is 0.187 e. The Kier molecular flexibility index (Phi) is 2.39. The maximum Gasteiger partial charge on any atom is 0.187 e. The summed E-state index contributed by atoms with van der Waals surface area (Å²) in [4.78, 5) is 0. The van der Waals surface area contributed by atoms with Crippen molar-refractivity contribution in [1.82, 2.24) is 0 Å². The zero-order chi connectivity index (χ0) is 10.3. The van der Waals surface area contributed by atoms with E-state index in [0.717, 1.165) is 0 Å². The Morgan fingerprint density at radius 3 is 2.50 bits per heavy atom. The average molecular weight is 200 g/mol. The van der Waals surface area contributed by atoms with Crippen molar-refractivity contribution in [1.29, 1.82) is 0 Å². The van der Waals surface area contributed by atoms with Crippen molar-refractivity contribution in [2.45, 2.75) is 44.2 Å². The summed E-state index contributed by atoms with van der Waals surface area (Å²) in [7, 11) is 1.60. The lowest BCUT2D eigenvalue weighted by molar-refractivity contribution is -0.221. The molecule has 0 spiro atoms. The molecule has 0 aromatic rings. The van der Waals surface area contributed by atoms with Crippen LogP contribution in [0.15, 0.2) is 12.7 Å². The van der Waals surface area contributed by atoms with E-state index in [-0.39, 0.29) is 24.6 Å². The molecular formula is C10H16O4. The summed E-state index contributed by atoms with van der Waals surface area (Å²) < 4.78 is 22.1. The van der Waals surface area contributed by atoms with Crippen LogP contribution in [0.1, 0.15) is 13.8 Å².